The van der Waals surface area contributed by atoms with E-state index in [0.29, 0.717) is 10.7 Å². The van der Waals surface area contributed by atoms with E-state index in [1.807, 2.05) is 0 Å². The zero-order valence-electron chi connectivity index (χ0n) is 8.73. The molecule has 4 nitrogen and oxygen atoms in total. The minimum absolute atomic E-state index is 0.177. The largest absolute Gasteiger partial charge is 0.471 e. The second-order valence-corrected chi connectivity index (χ2v) is 4.37. The Labute approximate surface area is 98.3 Å². The van der Waals surface area contributed by atoms with Crippen molar-refractivity contribution in [2.45, 2.75) is 12.7 Å². The van der Waals surface area contributed by atoms with E-state index >= 15 is 0 Å². The Hall–Kier alpha value is -1.57. The second-order valence-electron chi connectivity index (χ2n) is 3.44. The number of halogens is 3. The molecule has 0 aromatic carbocycles. The van der Waals surface area contributed by atoms with Crippen LogP contribution in [0, 0.1) is 0 Å². The minimum atomic E-state index is -4.85. The Balaban J connectivity index is 2.17. The highest BCUT2D eigenvalue weighted by molar-refractivity contribution is 7.15. The number of alkyl halides is 3. The summed E-state index contributed by atoms with van der Waals surface area (Å²) in [5.74, 6) is -1.47. The number of aromatic nitrogens is 2. The van der Waals surface area contributed by atoms with Crippen LogP contribution in [0.3, 0.4) is 0 Å². The standard InChI is InChI=1S/C9H8F3N3OS/c1-14(8(16)9(10,11)12)5-6-13-4-7-15(6)2-3-17-7/h2-4H,5H2,1H3. The maximum atomic E-state index is 12.2. The van der Waals surface area contributed by atoms with Crippen molar-refractivity contribution in [3.8, 4) is 0 Å². The molecule has 0 saturated carbocycles. The molecule has 0 fully saturated rings. The first kappa shape index (κ1) is 11.9. The van der Waals surface area contributed by atoms with Crippen LogP contribution >= 0.6 is 11.3 Å². The predicted molar refractivity (Wildman–Crippen MR) is 55.6 cm³/mol. The number of amides is 1. The van der Waals surface area contributed by atoms with Gasteiger partial charge in [0, 0.05) is 18.6 Å². The first-order valence-corrected chi connectivity index (χ1v) is 5.49. The van der Waals surface area contributed by atoms with Gasteiger partial charge in [-0.2, -0.15) is 13.2 Å². The monoisotopic (exact) mass is 263 g/mol. The van der Waals surface area contributed by atoms with Crippen LogP contribution in [0.2, 0.25) is 0 Å². The summed E-state index contributed by atoms with van der Waals surface area (Å²) in [6.07, 6.45) is -1.58. The lowest BCUT2D eigenvalue weighted by molar-refractivity contribution is -0.184. The summed E-state index contributed by atoms with van der Waals surface area (Å²) in [5.41, 5.74) is 0. The second kappa shape index (κ2) is 4.02. The Bertz CT molecular complexity index is 545. The number of hydrogen-bond donors (Lipinski definition) is 0. The van der Waals surface area contributed by atoms with Crippen LogP contribution < -0.4 is 0 Å². The lowest BCUT2D eigenvalue weighted by atomic mass is 10.4. The average Bonchev–Trinajstić information content (AvgIpc) is 2.80. The van der Waals surface area contributed by atoms with Gasteiger partial charge in [0.15, 0.2) is 0 Å². The molecule has 92 valence electrons. The first-order valence-electron chi connectivity index (χ1n) is 4.61. The molecule has 8 heteroatoms. The maximum absolute atomic E-state index is 12.2. The SMILES string of the molecule is CN(Cc1ncc2sccn12)C(=O)C(F)(F)F. The third kappa shape index (κ3) is 2.26. The molecular formula is C9H8F3N3OS. The van der Waals surface area contributed by atoms with Gasteiger partial charge in [0.25, 0.3) is 0 Å². The fourth-order valence-electron chi connectivity index (χ4n) is 1.41. The molecule has 2 heterocycles. The van der Waals surface area contributed by atoms with E-state index in [9.17, 15) is 18.0 Å². The summed E-state index contributed by atoms with van der Waals surface area (Å²) >= 11 is 1.42. The van der Waals surface area contributed by atoms with Gasteiger partial charge < -0.3 is 4.90 Å². The Morgan fingerprint density at radius 1 is 1.59 bits per heavy atom. The van der Waals surface area contributed by atoms with Gasteiger partial charge in [-0.05, 0) is 0 Å². The molecule has 0 aliphatic rings. The van der Waals surface area contributed by atoms with E-state index in [1.54, 1.807) is 22.2 Å². The quantitative estimate of drug-likeness (QED) is 0.830. The lowest BCUT2D eigenvalue weighted by Gasteiger charge is -2.17. The number of imidazole rings is 1. The number of hydrogen-bond acceptors (Lipinski definition) is 3. The van der Waals surface area contributed by atoms with Gasteiger partial charge in [-0.15, -0.1) is 11.3 Å². The van der Waals surface area contributed by atoms with Crippen molar-refractivity contribution in [1.29, 1.82) is 0 Å². The Morgan fingerprint density at radius 2 is 2.29 bits per heavy atom. The zero-order valence-corrected chi connectivity index (χ0v) is 9.55. The van der Waals surface area contributed by atoms with Gasteiger partial charge in [-0.3, -0.25) is 9.20 Å². The summed E-state index contributed by atoms with van der Waals surface area (Å²) in [4.78, 5) is 16.3. The molecule has 2 aromatic rings. The molecule has 2 aromatic heterocycles. The van der Waals surface area contributed by atoms with Crippen molar-refractivity contribution in [3.63, 3.8) is 0 Å². The molecule has 0 atom stereocenters. The first-order chi connectivity index (χ1) is 7.89. The maximum Gasteiger partial charge on any atom is 0.471 e. The molecular weight excluding hydrogens is 255 g/mol. The van der Waals surface area contributed by atoms with Gasteiger partial charge >= 0.3 is 12.1 Å². The molecule has 0 unspecified atom stereocenters. The highest BCUT2D eigenvalue weighted by atomic mass is 32.1. The molecule has 0 saturated heterocycles. The van der Waals surface area contributed by atoms with Gasteiger partial charge in [0.2, 0.25) is 0 Å². The number of carbonyl (C=O) groups excluding carboxylic acids is 1. The molecule has 0 aliphatic carbocycles. The molecule has 0 bridgehead atoms. The van der Waals surface area contributed by atoms with Crippen molar-refractivity contribution in [1.82, 2.24) is 14.3 Å². The molecule has 0 N–H and O–H groups in total. The summed E-state index contributed by atoms with van der Waals surface area (Å²) in [6, 6.07) is 0. The highest BCUT2D eigenvalue weighted by Gasteiger charge is 2.41. The van der Waals surface area contributed by atoms with Gasteiger partial charge in [0.1, 0.15) is 10.7 Å². The number of fused-ring (bicyclic) bond motifs is 1. The fourth-order valence-corrected chi connectivity index (χ4v) is 2.12. The van der Waals surface area contributed by atoms with E-state index in [0.717, 1.165) is 11.9 Å². The number of carbonyl (C=O) groups is 1. The van der Waals surface area contributed by atoms with Crippen LogP contribution in [0.25, 0.3) is 4.83 Å². The number of nitrogens with zero attached hydrogens (tertiary/aromatic N) is 3. The van der Waals surface area contributed by atoms with E-state index in [4.69, 9.17) is 0 Å². The van der Waals surface area contributed by atoms with Crippen LogP contribution in [0.4, 0.5) is 13.2 Å². The zero-order chi connectivity index (χ0) is 12.6. The van der Waals surface area contributed by atoms with Gasteiger partial charge in [0.05, 0.1) is 12.7 Å². The average molecular weight is 263 g/mol. The van der Waals surface area contributed by atoms with Crippen molar-refractivity contribution in [3.05, 3.63) is 23.6 Å². The van der Waals surface area contributed by atoms with Crippen LogP contribution in [0.15, 0.2) is 17.8 Å². The Kier molecular flexibility index (Phi) is 2.82. The smallest absolute Gasteiger partial charge is 0.330 e. The molecule has 1 amide bonds. The number of thiazole rings is 1. The van der Waals surface area contributed by atoms with Crippen molar-refractivity contribution < 1.29 is 18.0 Å². The van der Waals surface area contributed by atoms with Crippen molar-refractivity contribution >= 4 is 22.1 Å². The van der Waals surface area contributed by atoms with Gasteiger partial charge in [-0.1, -0.05) is 0 Å². The van der Waals surface area contributed by atoms with E-state index in [-0.39, 0.29) is 6.54 Å². The molecule has 2 rings (SSSR count). The van der Waals surface area contributed by atoms with Crippen molar-refractivity contribution in [2.75, 3.05) is 7.05 Å². The highest BCUT2D eigenvalue weighted by Crippen LogP contribution is 2.19. The molecule has 0 spiro atoms. The fraction of sp³-hybridized carbons (Fsp3) is 0.333. The molecule has 0 aliphatic heterocycles. The topological polar surface area (TPSA) is 37.6 Å². The van der Waals surface area contributed by atoms with E-state index < -0.39 is 12.1 Å². The van der Waals surface area contributed by atoms with Crippen LogP contribution in [0.5, 0.6) is 0 Å². The minimum Gasteiger partial charge on any atom is -0.330 e. The summed E-state index contributed by atoms with van der Waals surface area (Å²) in [6.45, 7) is -0.177. The summed E-state index contributed by atoms with van der Waals surface area (Å²) < 4.78 is 38.2. The normalized spacial score (nSPS) is 12.0. The van der Waals surface area contributed by atoms with E-state index in [1.165, 1.54) is 11.3 Å². The lowest BCUT2D eigenvalue weighted by Crippen LogP contribution is -2.38. The number of rotatable bonds is 2. The van der Waals surface area contributed by atoms with Crippen LogP contribution in [-0.2, 0) is 11.3 Å². The third-order valence-corrected chi connectivity index (χ3v) is 3.01. The van der Waals surface area contributed by atoms with E-state index in [2.05, 4.69) is 4.98 Å². The predicted octanol–water partition coefficient (Wildman–Crippen LogP) is 1.92. The summed E-state index contributed by atoms with van der Waals surface area (Å²) in [5, 5.41) is 1.80. The van der Waals surface area contributed by atoms with Crippen LogP contribution in [0.1, 0.15) is 5.82 Å². The molecule has 0 radical (unpaired) electrons. The van der Waals surface area contributed by atoms with Gasteiger partial charge in [-0.25, -0.2) is 4.98 Å². The Morgan fingerprint density at radius 3 is 2.94 bits per heavy atom. The third-order valence-electron chi connectivity index (χ3n) is 2.21. The van der Waals surface area contributed by atoms with Crippen molar-refractivity contribution in [2.24, 2.45) is 0 Å². The molecule has 17 heavy (non-hydrogen) atoms. The summed E-state index contributed by atoms with van der Waals surface area (Å²) in [7, 11) is 1.10. The van der Waals surface area contributed by atoms with Crippen LogP contribution in [-0.4, -0.2) is 33.4 Å².